The molecule has 0 aliphatic heterocycles. The van der Waals surface area contributed by atoms with E-state index in [1.54, 1.807) is 6.92 Å². The molecule has 1 saturated carbocycles. The van der Waals surface area contributed by atoms with Gasteiger partial charge in [-0.1, -0.05) is 19.3 Å². The molecule has 0 radical (unpaired) electrons. The predicted octanol–water partition coefficient (Wildman–Crippen LogP) is 1.64. The van der Waals surface area contributed by atoms with Gasteiger partial charge in [0.1, 0.15) is 0 Å². The quantitative estimate of drug-likeness (QED) is 0.747. The van der Waals surface area contributed by atoms with Crippen molar-refractivity contribution in [2.24, 2.45) is 11.7 Å². The Morgan fingerprint density at radius 1 is 1.47 bits per heavy atom. The molecule has 1 atom stereocenters. The summed E-state index contributed by atoms with van der Waals surface area (Å²) in [6, 6.07) is 0.0874. The Balaban J connectivity index is 2.36. The van der Waals surface area contributed by atoms with Crippen molar-refractivity contribution in [3.05, 3.63) is 0 Å². The SMILES string of the molecule is CCOC(=O)NC(CN)C1CCCCC1. The third-order valence-corrected chi connectivity index (χ3v) is 3.05. The van der Waals surface area contributed by atoms with Crippen molar-refractivity contribution < 1.29 is 9.53 Å². The molecule has 1 aliphatic rings. The standard InChI is InChI=1S/C11H22N2O2/c1-2-15-11(14)13-10(8-12)9-6-4-3-5-7-9/h9-10H,2-8,12H2,1H3,(H,13,14). The molecule has 88 valence electrons. The zero-order chi connectivity index (χ0) is 11.1. The highest BCUT2D eigenvalue weighted by atomic mass is 16.5. The van der Waals surface area contributed by atoms with E-state index in [0.29, 0.717) is 19.1 Å². The number of carbonyl (C=O) groups is 1. The van der Waals surface area contributed by atoms with Crippen molar-refractivity contribution in [3.8, 4) is 0 Å². The summed E-state index contributed by atoms with van der Waals surface area (Å²) in [5.41, 5.74) is 5.68. The van der Waals surface area contributed by atoms with Gasteiger partial charge in [0.05, 0.1) is 6.61 Å². The van der Waals surface area contributed by atoms with Crippen LogP contribution in [0.4, 0.5) is 4.79 Å². The highest BCUT2D eigenvalue weighted by molar-refractivity contribution is 5.67. The van der Waals surface area contributed by atoms with E-state index >= 15 is 0 Å². The van der Waals surface area contributed by atoms with Crippen molar-refractivity contribution in [1.82, 2.24) is 5.32 Å². The molecule has 0 aromatic rings. The van der Waals surface area contributed by atoms with Crippen molar-refractivity contribution in [1.29, 1.82) is 0 Å². The summed E-state index contributed by atoms with van der Waals surface area (Å²) in [5, 5.41) is 2.85. The number of rotatable bonds is 4. The first-order valence-electron chi connectivity index (χ1n) is 5.91. The van der Waals surface area contributed by atoms with Gasteiger partial charge in [-0.25, -0.2) is 4.79 Å². The summed E-state index contributed by atoms with van der Waals surface area (Å²) in [6.07, 6.45) is 5.84. The topological polar surface area (TPSA) is 64.3 Å². The van der Waals surface area contributed by atoms with Crippen LogP contribution in [-0.2, 0) is 4.74 Å². The van der Waals surface area contributed by atoms with Crippen LogP contribution in [0.15, 0.2) is 0 Å². The Hall–Kier alpha value is -0.770. The van der Waals surface area contributed by atoms with Crippen LogP contribution in [0.1, 0.15) is 39.0 Å². The molecule has 0 spiro atoms. The number of amides is 1. The van der Waals surface area contributed by atoms with Gasteiger partial charge in [-0.15, -0.1) is 0 Å². The molecule has 1 rings (SSSR count). The Morgan fingerprint density at radius 3 is 2.67 bits per heavy atom. The van der Waals surface area contributed by atoms with Gasteiger partial charge in [0.2, 0.25) is 0 Å². The second-order valence-corrected chi connectivity index (χ2v) is 4.11. The van der Waals surface area contributed by atoms with Crippen LogP contribution in [0, 0.1) is 5.92 Å². The lowest BCUT2D eigenvalue weighted by molar-refractivity contribution is 0.141. The van der Waals surface area contributed by atoms with Crippen LogP contribution < -0.4 is 11.1 Å². The fourth-order valence-electron chi connectivity index (χ4n) is 2.23. The maximum Gasteiger partial charge on any atom is 0.407 e. The molecule has 4 heteroatoms. The van der Waals surface area contributed by atoms with E-state index in [4.69, 9.17) is 10.5 Å². The molecule has 0 aromatic carbocycles. The zero-order valence-electron chi connectivity index (χ0n) is 9.50. The first kappa shape index (κ1) is 12.3. The summed E-state index contributed by atoms with van der Waals surface area (Å²) < 4.78 is 4.86. The Bertz CT molecular complexity index is 191. The third kappa shape index (κ3) is 4.08. The average molecular weight is 214 g/mol. The average Bonchev–Trinajstić information content (AvgIpc) is 2.27. The van der Waals surface area contributed by atoms with E-state index < -0.39 is 0 Å². The summed E-state index contributed by atoms with van der Waals surface area (Å²) in [4.78, 5) is 11.3. The molecule has 0 heterocycles. The van der Waals surface area contributed by atoms with Gasteiger partial charge in [-0.05, 0) is 25.7 Å². The first-order chi connectivity index (χ1) is 7.27. The van der Waals surface area contributed by atoms with Gasteiger partial charge in [0, 0.05) is 12.6 Å². The number of hydrogen-bond acceptors (Lipinski definition) is 3. The maximum atomic E-state index is 11.3. The van der Waals surface area contributed by atoms with E-state index in [-0.39, 0.29) is 12.1 Å². The van der Waals surface area contributed by atoms with Crippen LogP contribution in [-0.4, -0.2) is 25.3 Å². The van der Waals surface area contributed by atoms with Crippen LogP contribution in [0.3, 0.4) is 0 Å². The fraction of sp³-hybridized carbons (Fsp3) is 0.909. The third-order valence-electron chi connectivity index (χ3n) is 3.05. The molecule has 0 saturated heterocycles. The highest BCUT2D eigenvalue weighted by Gasteiger charge is 2.24. The summed E-state index contributed by atoms with van der Waals surface area (Å²) in [6.45, 7) is 2.72. The predicted molar refractivity (Wildman–Crippen MR) is 59.6 cm³/mol. The summed E-state index contributed by atoms with van der Waals surface area (Å²) >= 11 is 0. The number of ether oxygens (including phenoxy) is 1. The van der Waals surface area contributed by atoms with Gasteiger partial charge in [-0.3, -0.25) is 0 Å². The second kappa shape index (κ2) is 6.67. The molecule has 15 heavy (non-hydrogen) atoms. The first-order valence-corrected chi connectivity index (χ1v) is 5.91. The largest absolute Gasteiger partial charge is 0.450 e. The molecule has 1 fully saturated rings. The molecule has 1 unspecified atom stereocenters. The Labute approximate surface area is 91.5 Å². The Kier molecular flexibility index (Phi) is 5.47. The van der Waals surface area contributed by atoms with Crippen molar-refractivity contribution in [3.63, 3.8) is 0 Å². The lowest BCUT2D eigenvalue weighted by atomic mass is 9.84. The highest BCUT2D eigenvalue weighted by Crippen LogP contribution is 2.26. The van der Waals surface area contributed by atoms with E-state index in [2.05, 4.69) is 5.32 Å². The van der Waals surface area contributed by atoms with Gasteiger partial charge in [-0.2, -0.15) is 0 Å². The van der Waals surface area contributed by atoms with Gasteiger partial charge >= 0.3 is 6.09 Å². The molecular formula is C11H22N2O2. The van der Waals surface area contributed by atoms with Crippen LogP contribution in [0.5, 0.6) is 0 Å². The van der Waals surface area contributed by atoms with Crippen LogP contribution in [0.2, 0.25) is 0 Å². The molecule has 0 bridgehead atoms. The van der Waals surface area contributed by atoms with Crippen molar-refractivity contribution in [2.75, 3.05) is 13.2 Å². The number of nitrogens with two attached hydrogens (primary N) is 1. The van der Waals surface area contributed by atoms with Crippen molar-refractivity contribution >= 4 is 6.09 Å². The number of alkyl carbamates (subject to hydrolysis) is 1. The van der Waals surface area contributed by atoms with Crippen LogP contribution >= 0.6 is 0 Å². The van der Waals surface area contributed by atoms with Gasteiger partial charge in [0.25, 0.3) is 0 Å². The zero-order valence-corrected chi connectivity index (χ0v) is 9.50. The molecule has 1 aliphatic carbocycles. The fourth-order valence-corrected chi connectivity index (χ4v) is 2.23. The van der Waals surface area contributed by atoms with Crippen molar-refractivity contribution in [2.45, 2.75) is 45.1 Å². The monoisotopic (exact) mass is 214 g/mol. The number of nitrogens with one attached hydrogen (secondary N) is 1. The molecule has 4 nitrogen and oxygen atoms in total. The van der Waals surface area contributed by atoms with E-state index in [9.17, 15) is 4.79 Å². The van der Waals surface area contributed by atoms with E-state index in [0.717, 1.165) is 0 Å². The maximum absolute atomic E-state index is 11.3. The van der Waals surface area contributed by atoms with Crippen LogP contribution in [0.25, 0.3) is 0 Å². The minimum Gasteiger partial charge on any atom is -0.450 e. The van der Waals surface area contributed by atoms with Gasteiger partial charge < -0.3 is 15.8 Å². The van der Waals surface area contributed by atoms with E-state index in [1.165, 1.54) is 32.1 Å². The Morgan fingerprint density at radius 2 is 2.13 bits per heavy atom. The normalized spacial score (nSPS) is 19.6. The molecule has 1 amide bonds. The minimum atomic E-state index is -0.335. The van der Waals surface area contributed by atoms with Gasteiger partial charge in [0.15, 0.2) is 0 Å². The lowest BCUT2D eigenvalue weighted by Crippen LogP contribution is -2.46. The lowest BCUT2D eigenvalue weighted by Gasteiger charge is -2.29. The summed E-state index contributed by atoms with van der Waals surface area (Å²) in [5.74, 6) is 0.535. The second-order valence-electron chi connectivity index (χ2n) is 4.11. The molecule has 0 aromatic heterocycles. The molecule has 3 N–H and O–H groups in total. The minimum absolute atomic E-state index is 0.0874. The summed E-state index contributed by atoms with van der Waals surface area (Å²) in [7, 11) is 0. The molecular weight excluding hydrogens is 192 g/mol. The van der Waals surface area contributed by atoms with E-state index in [1.807, 2.05) is 0 Å². The smallest absolute Gasteiger partial charge is 0.407 e. The number of carbonyl (C=O) groups excluding carboxylic acids is 1. The number of hydrogen-bond donors (Lipinski definition) is 2.